The minimum Gasteiger partial charge on any atom is -0.421 e. The van der Waals surface area contributed by atoms with Crippen molar-refractivity contribution in [3.63, 3.8) is 0 Å². The Morgan fingerprint density at radius 3 is 2.78 bits per heavy atom. The highest BCUT2D eigenvalue weighted by molar-refractivity contribution is 8.22. The number of aromatic nitrogens is 3. The van der Waals surface area contributed by atoms with E-state index in [2.05, 4.69) is 20.5 Å². The standard InChI is InChI=1S/C17H15N5O3S2/c23-22(24)14-5-3-13(4-6-14)16-21-20-15(25-16)7-9-27-17(26)19-11-12-2-1-8-18-10-12/h1-6,8,10H,7,9,11H2,(H,19,26). The second-order valence-corrected chi connectivity index (χ2v) is 7.18. The van der Waals surface area contributed by atoms with Crippen molar-refractivity contribution in [2.45, 2.75) is 13.0 Å². The molecule has 0 fully saturated rings. The van der Waals surface area contributed by atoms with Gasteiger partial charge in [-0.25, -0.2) is 0 Å². The SMILES string of the molecule is O=[N+]([O-])c1ccc(-c2nnc(CCSC(=S)NCc3cccnc3)o2)cc1. The zero-order valence-corrected chi connectivity index (χ0v) is 15.7. The van der Waals surface area contributed by atoms with Gasteiger partial charge in [0.1, 0.15) is 4.32 Å². The Kier molecular flexibility index (Phi) is 6.44. The van der Waals surface area contributed by atoms with Crippen LogP contribution in [0.3, 0.4) is 0 Å². The first kappa shape index (κ1) is 18.9. The molecule has 3 rings (SSSR count). The van der Waals surface area contributed by atoms with Crippen LogP contribution in [0, 0.1) is 10.1 Å². The maximum absolute atomic E-state index is 10.7. The van der Waals surface area contributed by atoms with Crippen LogP contribution in [0.5, 0.6) is 0 Å². The molecule has 27 heavy (non-hydrogen) atoms. The summed E-state index contributed by atoms with van der Waals surface area (Å²) in [5.74, 6) is 1.52. The first-order valence-corrected chi connectivity index (χ1v) is 9.38. The van der Waals surface area contributed by atoms with Crippen LogP contribution in [0.4, 0.5) is 5.69 Å². The molecule has 3 aromatic rings. The summed E-state index contributed by atoms with van der Waals surface area (Å²) in [6.45, 7) is 0.629. The molecule has 0 atom stereocenters. The maximum atomic E-state index is 10.7. The third kappa shape index (κ3) is 5.56. The van der Waals surface area contributed by atoms with Gasteiger partial charge in [-0.2, -0.15) is 0 Å². The molecule has 0 amide bonds. The summed E-state index contributed by atoms with van der Waals surface area (Å²) in [5, 5.41) is 21.8. The molecule has 0 aliphatic rings. The van der Waals surface area contributed by atoms with Crippen LogP contribution < -0.4 is 5.32 Å². The molecule has 0 radical (unpaired) electrons. The molecule has 1 aromatic carbocycles. The molecule has 10 heteroatoms. The normalized spacial score (nSPS) is 10.5. The van der Waals surface area contributed by atoms with E-state index in [1.807, 2.05) is 12.1 Å². The van der Waals surface area contributed by atoms with E-state index in [0.29, 0.717) is 40.4 Å². The van der Waals surface area contributed by atoms with Gasteiger partial charge in [-0.15, -0.1) is 10.2 Å². The molecule has 0 unspecified atom stereocenters. The molecule has 0 saturated heterocycles. The Morgan fingerprint density at radius 2 is 2.07 bits per heavy atom. The summed E-state index contributed by atoms with van der Waals surface area (Å²) in [7, 11) is 0. The first-order valence-electron chi connectivity index (χ1n) is 7.98. The number of hydrogen-bond acceptors (Lipinski definition) is 8. The van der Waals surface area contributed by atoms with Crippen LogP contribution >= 0.6 is 24.0 Å². The summed E-state index contributed by atoms with van der Waals surface area (Å²) in [5.41, 5.74) is 1.72. The van der Waals surface area contributed by atoms with Crippen LogP contribution in [-0.4, -0.2) is 30.2 Å². The number of benzene rings is 1. The van der Waals surface area contributed by atoms with Crippen LogP contribution in [-0.2, 0) is 13.0 Å². The van der Waals surface area contributed by atoms with Crippen LogP contribution in [0.15, 0.2) is 53.2 Å². The van der Waals surface area contributed by atoms with Crippen molar-refractivity contribution >= 4 is 34.0 Å². The second kappa shape index (κ2) is 9.19. The lowest BCUT2D eigenvalue weighted by molar-refractivity contribution is -0.384. The highest BCUT2D eigenvalue weighted by atomic mass is 32.2. The lowest BCUT2D eigenvalue weighted by Crippen LogP contribution is -2.18. The van der Waals surface area contributed by atoms with Gasteiger partial charge in [0.2, 0.25) is 11.8 Å². The number of aryl methyl sites for hydroxylation is 1. The van der Waals surface area contributed by atoms with Crippen molar-refractivity contribution in [2.75, 3.05) is 5.75 Å². The number of nitrogens with one attached hydrogen (secondary N) is 1. The maximum Gasteiger partial charge on any atom is 0.269 e. The van der Waals surface area contributed by atoms with Gasteiger partial charge >= 0.3 is 0 Å². The Morgan fingerprint density at radius 1 is 1.26 bits per heavy atom. The number of rotatable bonds is 7. The quantitative estimate of drug-likeness (QED) is 0.362. The monoisotopic (exact) mass is 401 g/mol. The average molecular weight is 401 g/mol. The number of hydrogen-bond donors (Lipinski definition) is 1. The molecule has 0 bridgehead atoms. The molecule has 138 valence electrons. The summed E-state index contributed by atoms with van der Waals surface area (Å²) in [6.07, 6.45) is 4.09. The van der Waals surface area contributed by atoms with Crippen molar-refractivity contribution in [1.82, 2.24) is 20.5 Å². The van der Waals surface area contributed by atoms with E-state index < -0.39 is 4.92 Å². The van der Waals surface area contributed by atoms with Gasteiger partial charge in [0, 0.05) is 48.8 Å². The third-order valence-electron chi connectivity index (χ3n) is 3.50. The van der Waals surface area contributed by atoms with E-state index in [0.717, 1.165) is 5.56 Å². The predicted molar refractivity (Wildman–Crippen MR) is 106 cm³/mol. The molecule has 0 aliphatic heterocycles. The third-order valence-corrected chi connectivity index (χ3v) is 4.81. The molecule has 0 saturated carbocycles. The summed E-state index contributed by atoms with van der Waals surface area (Å²) in [4.78, 5) is 14.3. The van der Waals surface area contributed by atoms with E-state index >= 15 is 0 Å². The van der Waals surface area contributed by atoms with Gasteiger partial charge in [0.05, 0.1) is 4.92 Å². The fourth-order valence-electron chi connectivity index (χ4n) is 2.16. The molecule has 0 spiro atoms. The number of nitro benzene ring substituents is 1. The van der Waals surface area contributed by atoms with Crippen LogP contribution in [0.2, 0.25) is 0 Å². The Bertz CT molecular complexity index is 916. The Hall–Kier alpha value is -2.85. The molecular formula is C17H15N5O3S2. The topological polar surface area (TPSA) is 107 Å². The molecule has 1 N–H and O–H groups in total. The van der Waals surface area contributed by atoms with Crippen molar-refractivity contribution in [3.8, 4) is 11.5 Å². The van der Waals surface area contributed by atoms with Gasteiger partial charge in [-0.05, 0) is 23.8 Å². The molecule has 0 aliphatic carbocycles. The van der Waals surface area contributed by atoms with Crippen molar-refractivity contribution < 1.29 is 9.34 Å². The van der Waals surface area contributed by atoms with E-state index in [-0.39, 0.29) is 5.69 Å². The van der Waals surface area contributed by atoms with Gasteiger partial charge in [-0.1, -0.05) is 30.0 Å². The summed E-state index contributed by atoms with van der Waals surface area (Å²) in [6, 6.07) is 9.84. The smallest absolute Gasteiger partial charge is 0.269 e. The van der Waals surface area contributed by atoms with Crippen molar-refractivity contribution in [1.29, 1.82) is 0 Å². The van der Waals surface area contributed by atoms with E-state index in [9.17, 15) is 10.1 Å². The van der Waals surface area contributed by atoms with Crippen LogP contribution in [0.1, 0.15) is 11.5 Å². The Labute approximate surface area is 164 Å². The fraction of sp³-hybridized carbons (Fsp3) is 0.176. The molecule has 2 aromatic heterocycles. The number of nitro groups is 1. The minimum absolute atomic E-state index is 0.0159. The second-order valence-electron chi connectivity index (χ2n) is 5.41. The van der Waals surface area contributed by atoms with Crippen molar-refractivity contribution in [3.05, 3.63) is 70.4 Å². The van der Waals surface area contributed by atoms with Gasteiger partial charge in [0.15, 0.2) is 0 Å². The van der Waals surface area contributed by atoms with E-state index in [1.54, 1.807) is 24.5 Å². The van der Waals surface area contributed by atoms with Gasteiger partial charge in [-0.3, -0.25) is 15.1 Å². The molecule has 8 nitrogen and oxygen atoms in total. The minimum atomic E-state index is -0.453. The summed E-state index contributed by atoms with van der Waals surface area (Å²) >= 11 is 6.79. The lowest BCUT2D eigenvalue weighted by atomic mass is 10.2. The zero-order chi connectivity index (χ0) is 19.1. The van der Waals surface area contributed by atoms with E-state index in [1.165, 1.54) is 23.9 Å². The number of nitrogens with zero attached hydrogens (tertiary/aromatic N) is 4. The molecule has 2 heterocycles. The van der Waals surface area contributed by atoms with Gasteiger partial charge in [0.25, 0.3) is 5.69 Å². The summed E-state index contributed by atoms with van der Waals surface area (Å²) < 4.78 is 6.29. The Balaban J connectivity index is 1.45. The predicted octanol–water partition coefficient (Wildman–Crippen LogP) is 3.39. The van der Waals surface area contributed by atoms with E-state index in [4.69, 9.17) is 16.6 Å². The zero-order valence-electron chi connectivity index (χ0n) is 14.1. The number of thiocarbonyl (C=S) groups is 1. The lowest BCUT2D eigenvalue weighted by Gasteiger charge is -2.06. The number of non-ortho nitro benzene ring substituents is 1. The fourth-order valence-corrected chi connectivity index (χ4v) is 3.11. The highest BCUT2D eigenvalue weighted by Gasteiger charge is 2.11. The van der Waals surface area contributed by atoms with Crippen LogP contribution in [0.25, 0.3) is 11.5 Å². The van der Waals surface area contributed by atoms with Gasteiger partial charge < -0.3 is 9.73 Å². The number of pyridine rings is 1. The largest absolute Gasteiger partial charge is 0.421 e. The molecular weight excluding hydrogens is 386 g/mol. The average Bonchev–Trinajstić information content (AvgIpc) is 3.16. The highest BCUT2D eigenvalue weighted by Crippen LogP contribution is 2.21. The first-order chi connectivity index (χ1) is 13.1. The number of thioether (sulfide) groups is 1. The van der Waals surface area contributed by atoms with Crippen molar-refractivity contribution in [2.24, 2.45) is 0 Å².